The molecule has 1 fully saturated rings. The maximum Gasteiger partial charge on any atom is 0.338 e. The van der Waals surface area contributed by atoms with Crippen LogP contribution in [0.1, 0.15) is 31.0 Å². The zero-order valence-electron chi connectivity index (χ0n) is 21.1. The lowest BCUT2D eigenvalue weighted by molar-refractivity contribution is -0.139. The Kier molecular flexibility index (Phi) is 7.25. The molecule has 3 heterocycles. The summed E-state index contributed by atoms with van der Waals surface area (Å²) >= 11 is 1.31. The van der Waals surface area contributed by atoms with Crippen LogP contribution in [-0.4, -0.2) is 50.6 Å². The van der Waals surface area contributed by atoms with Crippen molar-refractivity contribution in [2.24, 2.45) is 4.99 Å². The van der Waals surface area contributed by atoms with E-state index in [-0.39, 0.29) is 12.2 Å². The molecule has 9 heteroatoms. The van der Waals surface area contributed by atoms with E-state index in [0.29, 0.717) is 31.9 Å². The highest BCUT2D eigenvalue weighted by atomic mass is 32.1. The molecule has 1 aromatic heterocycles. The highest BCUT2D eigenvalue weighted by Crippen LogP contribution is 2.35. The predicted molar refractivity (Wildman–Crippen MR) is 143 cm³/mol. The normalized spacial score (nSPS) is 17.9. The van der Waals surface area contributed by atoms with Gasteiger partial charge in [-0.2, -0.15) is 0 Å². The average Bonchev–Trinajstić information content (AvgIpc) is 3.23. The maximum absolute atomic E-state index is 13.8. The summed E-state index contributed by atoms with van der Waals surface area (Å²) < 4.78 is 18.5. The Morgan fingerprint density at radius 1 is 1.16 bits per heavy atom. The summed E-state index contributed by atoms with van der Waals surface area (Å²) in [5.74, 6) is 0.0879. The van der Waals surface area contributed by atoms with Crippen LogP contribution in [0.2, 0.25) is 0 Å². The van der Waals surface area contributed by atoms with E-state index in [9.17, 15) is 9.59 Å². The van der Waals surface area contributed by atoms with Gasteiger partial charge in [0.2, 0.25) is 0 Å². The number of ether oxygens (including phenoxy) is 3. The number of benzene rings is 2. The molecule has 2 aliphatic heterocycles. The summed E-state index contributed by atoms with van der Waals surface area (Å²) in [6, 6.07) is 14.8. The molecule has 0 aliphatic carbocycles. The fraction of sp³-hybridized carbons (Fsp3) is 0.321. The Balaban J connectivity index is 1.61. The van der Waals surface area contributed by atoms with Gasteiger partial charge in [0.05, 0.1) is 42.7 Å². The number of esters is 1. The Morgan fingerprint density at radius 3 is 2.59 bits per heavy atom. The Morgan fingerprint density at radius 2 is 1.89 bits per heavy atom. The van der Waals surface area contributed by atoms with E-state index in [1.807, 2.05) is 42.5 Å². The summed E-state index contributed by atoms with van der Waals surface area (Å²) in [5.41, 5.74) is 3.39. The second-order valence-corrected chi connectivity index (χ2v) is 9.74. The number of carbonyl (C=O) groups is 1. The third-order valence-corrected chi connectivity index (χ3v) is 7.50. The number of fused-ring (bicyclic) bond motifs is 1. The molecule has 192 valence electrons. The highest BCUT2D eigenvalue weighted by molar-refractivity contribution is 7.07. The van der Waals surface area contributed by atoms with Crippen LogP contribution in [0.15, 0.2) is 69.6 Å². The van der Waals surface area contributed by atoms with Crippen LogP contribution in [0.25, 0.3) is 6.08 Å². The van der Waals surface area contributed by atoms with Crippen molar-refractivity contribution in [1.29, 1.82) is 0 Å². The van der Waals surface area contributed by atoms with Crippen molar-refractivity contribution in [2.45, 2.75) is 19.9 Å². The number of allylic oxidation sites excluding steroid dienone is 1. The summed E-state index contributed by atoms with van der Waals surface area (Å²) in [7, 11) is 1.57. The smallest absolute Gasteiger partial charge is 0.338 e. The van der Waals surface area contributed by atoms with Crippen LogP contribution >= 0.6 is 11.3 Å². The number of hydrogen-bond acceptors (Lipinski definition) is 8. The van der Waals surface area contributed by atoms with E-state index in [2.05, 4.69) is 22.0 Å². The number of rotatable bonds is 6. The van der Waals surface area contributed by atoms with Gasteiger partial charge in [-0.25, -0.2) is 9.79 Å². The largest absolute Gasteiger partial charge is 0.496 e. The third kappa shape index (κ3) is 4.84. The number of carbonyl (C=O) groups excluding carboxylic acids is 1. The fourth-order valence-corrected chi connectivity index (χ4v) is 5.78. The quantitative estimate of drug-likeness (QED) is 0.466. The van der Waals surface area contributed by atoms with Crippen molar-refractivity contribution in [2.75, 3.05) is 44.9 Å². The zero-order chi connectivity index (χ0) is 25.9. The van der Waals surface area contributed by atoms with E-state index in [0.717, 1.165) is 37.6 Å². The van der Waals surface area contributed by atoms with Crippen LogP contribution in [0.5, 0.6) is 5.75 Å². The van der Waals surface area contributed by atoms with Crippen molar-refractivity contribution in [1.82, 2.24) is 4.57 Å². The SMILES string of the molecule is CCOC(=O)C1=C(C)N=c2s/c(=C/c3ccc(N4CCOCC4)cc3)c(=O)n2[C@@H]1c1ccccc1OC. The first-order chi connectivity index (χ1) is 18.0. The molecule has 0 spiro atoms. The third-order valence-electron chi connectivity index (χ3n) is 6.52. The number of hydrogen-bond donors (Lipinski definition) is 0. The van der Waals surface area contributed by atoms with Crippen LogP contribution < -0.4 is 24.5 Å². The zero-order valence-corrected chi connectivity index (χ0v) is 21.9. The van der Waals surface area contributed by atoms with Gasteiger partial charge < -0.3 is 19.1 Å². The van der Waals surface area contributed by atoms with E-state index >= 15 is 0 Å². The minimum absolute atomic E-state index is 0.216. The molecule has 0 amide bonds. The van der Waals surface area contributed by atoms with Gasteiger partial charge in [-0.15, -0.1) is 0 Å². The number of nitrogens with zero attached hydrogens (tertiary/aromatic N) is 3. The summed E-state index contributed by atoms with van der Waals surface area (Å²) in [4.78, 5) is 34.3. The fourth-order valence-electron chi connectivity index (χ4n) is 4.73. The molecule has 5 rings (SSSR count). The van der Waals surface area contributed by atoms with Gasteiger partial charge in [-0.1, -0.05) is 41.7 Å². The molecule has 0 N–H and O–H groups in total. The molecule has 8 nitrogen and oxygen atoms in total. The first kappa shape index (κ1) is 25.0. The lowest BCUT2D eigenvalue weighted by Crippen LogP contribution is -2.40. The molecule has 0 bridgehead atoms. The molecular formula is C28H29N3O5S. The van der Waals surface area contributed by atoms with Crippen LogP contribution in [0.4, 0.5) is 5.69 Å². The molecule has 1 saturated heterocycles. The molecule has 2 aliphatic rings. The Hall–Kier alpha value is -3.69. The van der Waals surface area contributed by atoms with Crippen LogP contribution in [0.3, 0.4) is 0 Å². The highest BCUT2D eigenvalue weighted by Gasteiger charge is 2.34. The maximum atomic E-state index is 13.8. The van der Waals surface area contributed by atoms with Crippen molar-refractivity contribution in [3.05, 3.63) is 90.6 Å². The molecule has 3 aromatic rings. The first-order valence-corrected chi connectivity index (χ1v) is 13.1. The van der Waals surface area contributed by atoms with Gasteiger partial charge in [-0.3, -0.25) is 9.36 Å². The van der Waals surface area contributed by atoms with Crippen molar-refractivity contribution < 1.29 is 19.0 Å². The van der Waals surface area contributed by atoms with E-state index in [1.54, 1.807) is 25.5 Å². The number of methoxy groups -OCH3 is 1. The number of anilines is 1. The van der Waals surface area contributed by atoms with E-state index in [4.69, 9.17) is 14.2 Å². The molecular weight excluding hydrogens is 490 g/mol. The lowest BCUT2D eigenvalue weighted by Gasteiger charge is -2.28. The molecule has 0 unspecified atom stereocenters. The lowest BCUT2D eigenvalue weighted by atomic mass is 9.95. The minimum atomic E-state index is -0.711. The Bertz CT molecular complexity index is 1510. The van der Waals surface area contributed by atoms with Gasteiger partial charge in [0.15, 0.2) is 4.80 Å². The first-order valence-electron chi connectivity index (χ1n) is 12.3. The van der Waals surface area contributed by atoms with E-state index in [1.165, 1.54) is 11.3 Å². The van der Waals surface area contributed by atoms with Crippen LogP contribution in [-0.2, 0) is 14.3 Å². The number of para-hydroxylation sites is 1. The summed E-state index contributed by atoms with van der Waals surface area (Å²) in [6.07, 6.45) is 1.87. The van der Waals surface area contributed by atoms with Gasteiger partial charge in [0.25, 0.3) is 5.56 Å². The van der Waals surface area contributed by atoms with Crippen molar-refractivity contribution in [3.8, 4) is 5.75 Å². The van der Waals surface area contributed by atoms with E-state index < -0.39 is 12.0 Å². The van der Waals surface area contributed by atoms with Gasteiger partial charge in [-0.05, 0) is 43.7 Å². The molecule has 37 heavy (non-hydrogen) atoms. The number of morpholine rings is 1. The van der Waals surface area contributed by atoms with Crippen molar-refractivity contribution in [3.63, 3.8) is 0 Å². The Labute approximate surface area is 218 Å². The topological polar surface area (TPSA) is 82.4 Å². The number of aromatic nitrogens is 1. The minimum Gasteiger partial charge on any atom is -0.496 e. The molecule has 1 atom stereocenters. The molecule has 0 radical (unpaired) electrons. The summed E-state index contributed by atoms with van der Waals surface area (Å²) in [5, 5.41) is 0. The van der Waals surface area contributed by atoms with Gasteiger partial charge >= 0.3 is 5.97 Å². The van der Waals surface area contributed by atoms with Crippen LogP contribution in [0, 0.1) is 0 Å². The monoisotopic (exact) mass is 519 g/mol. The standard InChI is InChI=1S/C28H29N3O5S/c1-4-36-27(33)24-18(2)29-28-31(25(24)21-7-5-6-8-22(21)34-3)26(32)23(37-28)17-19-9-11-20(12-10-19)30-13-15-35-16-14-30/h5-12,17,25H,4,13-16H2,1-3H3/b23-17+/t25-/m1/s1. The van der Waals surface area contributed by atoms with Gasteiger partial charge in [0, 0.05) is 24.3 Å². The summed E-state index contributed by atoms with van der Waals surface area (Å²) in [6.45, 7) is 6.93. The average molecular weight is 520 g/mol. The number of thiazole rings is 1. The van der Waals surface area contributed by atoms with Gasteiger partial charge in [0.1, 0.15) is 11.8 Å². The van der Waals surface area contributed by atoms with Crippen molar-refractivity contribution >= 4 is 29.1 Å². The predicted octanol–water partition coefficient (Wildman–Crippen LogP) is 2.64. The molecule has 2 aromatic carbocycles. The second-order valence-electron chi connectivity index (χ2n) is 8.74. The molecule has 0 saturated carbocycles. The second kappa shape index (κ2) is 10.7.